The molecule has 1 aliphatic rings. The van der Waals surface area contributed by atoms with Gasteiger partial charge in [-0.3, -0.25) is 0 Å². The van der Waals surface area contributed by atoms with E-state index in [1.807, 2.05) is 0 Å². The fourth-order valence-corrected chi connectivity index (χ4v) is 2.78. The molecule has 0 unspecified atom stereocenters. The summed E-state index contributed by atoms with van der Waals surface area (Å²) in [4.78, 5) is 0. The number of anilines is 1. The summed E-state index contributed by atoms with van der Waals surface area (Å²) in [6, 6.07) is 13.6. The Bertz CT molecular complexity index is 564. The maximum Gasteiger partial charge on any atom is 0.0378 e. The van der Waals surface area contributed by atoms with Gasteiger partial charge in [0.25, 0.3) is 0 Å². The van der Waals surface area contributed by atoms with Crippen molar-refractivity contribution < 1.29 is 0 Å². The Morgan fingerprint density at radius 3 is 2.44 bits per heavy atom. The summed E-state index contributed by atoms with van der Waals surface area (Å²) < 4.78 is 0. The number of hydrogen-bond acceptors (Lipinski definition) is 1. The van der Waals surface area contributed by atoms with Crippen LogP contribution in [0.4, 0.5) is 5.69 Å². The molecule has 0 spiro atoms. The summed E-state index contributed by atoms with van der Waals surface area (Å²) in [5.41, 5.74) is 8.07. The van der Waals surface area contributed by atoms with E-state index in [1.165, 1.54) is 46.3 Å². The van der Waals surface area contributed by atoms with Crippen molar-refractivity contribution in [2.24, 2.45) is 0 Å². The molecule has 1 heterocycles. The van der Waals surface area contributed by atoms with E-state index in [0.717, 1.165) is 6.54 Å². The molecule has 1 N–H and O–H groups in total. The SMILES string of the molecule is Cc1cc(C)cc(-c2ccc3c(c2)NCCC3)c1. The first-order valence-corrected chi connectivity index (χ1v) is 6.68. The molecule has 1 aliphatic heterocycles. The molecule has 0 saturated heterocycles. The molecular weight excluding hydrogens is 218 g/mol. The maximum atomic E-state index is 3.50. The van der Waals surface area contributed by atoms with Crippen molar-refractivity contribution in [1.82, 2.24) is 0 Å². The molecule has 0 fully saturated rings. The third-order valence-corrected chi connectivity index (χ3v) is 3.60. The van der Waals surface area contributed by atoms with Crippen molar-refractivity contribution in [3.8, 4) is 11.1 Å². The smallest absolute Gasteiger partial charge is 0.0378 e. The van der Waals surface area contributed by atoms with Gasteiger partial charge in [0.05, 0.1) is 0 Å². The van der Waals surface area contributed by atoms with Crippen molar-refractivity contribution in [1.29, 1.82) is 0 Å². The molecule has 1 nitrogen and oxygen atoms in total. The number of aryl methyl sites for hydroxylation is 3. The Kier molecular flexibility index (Phi) is 2.83. The topological polar surface area (TPSA) is 12.0 Å². The van der Waals surface area contributed by atoms with Gasteiger partial charge in [-0.15, -0.1) is 0 Å². The molecular formula is C17H19N. The minimum Gasteiger partial charge on any atom is -0.385 e. The van der Waals surface area contributed by atoms with Gasteiger partial charge in [-0.1, -0.05) is 41.5 Å². The zero-order valence-corrected chi connectivity index (χ0v) is 11.1. The summed E-state index contributed by atoms with van der Waals surface area (Å²) >= 11 is 0. The van der Waals surface area contributed by atoms with Crippen molar-refractivity contribution in [2.75, 3.05) is 11.9 Å². The zero-order valence-electron chi connectivity index (χ0n) is 11.1. The number of benzene rings is 2. The molecule has 0 amide bonds. The molecule has 2 aromatic rings. The van der Waals surface area contributed by atoms with E-state index in [1.54, 1.807) is 0 Å². The predicted octanol–water partition coefficient (Wildman–Crippen LogP) is 4.33. The fraction of sp³-hybridized carbons (Fsp3) is 0.294. The lowest BCUT2D eigenvalue weighted by Crippen LogP contribution is -2.11. The molecule has 0 saturated carbocycles. The van der Waals surface area contributed by atoms with E-state index in [4.69, 9.17) is 0 Å². The van der Waals surface area contributed by atoms with Crippen molar-refractivity contribution in [2.45, 2.75) is 26.7 Å². The molecule has 0 atom stereocenters. The molecule has 1 heteroatoms. The average Bonchev–Trinajstić information content (AvgIpc) is 2.37. The normalized spacial score (nSPS) is 13.9. The van der Waals surface area contributed by atoms with Crippen LogP contribution in [-0.4, -0.2) is 6.54 Å². The third kappa shape index (κ3) is 2.13. The highest BCUT2D eigenvalue weighted by Gasteiger charge is 2.09. The highest BCUT2D eigenvalue weighted by molar-refractivity contribution is 5.71. The van der Waals surface area contributed by atoms with Gasteiger partial charge in [0.1, 0.15) is 0 Å². The van der Waals surface area contributed by atoms with Crippen LogP contribution in [0.15, 0.2) is 36.4 Å². The number of nitrogens with one attached hydrogen (secondary N) is 1. The van der Waals surface area contributed by atoms with Crippen LogP contribution in [0.2, 0.25) is 0 Å². The van der Waals surface area contributed by atoms with Crippen LogP contribution < -0.4 is 5.32 Å². The lowest BCUT2D eigenvalue weighted by Gasteiger charge is -2.19. The van der Waals surface area contributed by atoms with Crippen LogP contribution in [0.25, 0.3) is 11.1 Å². The van der Waals surface area contributed by atoms with Gasteiger partial charge in [-0.05, 0) is 49.4 Å². The first-order valence-electron chi connectivity index (χ1n) is 6.68. The average molecular weight is 237 g/mol. The van der Waals surface area contributed by atoms with Gasteiger partial charge < -0.3 is 5.32 Å². The molecule has 18 heavy (non-hydrogen) atoms. The van der Waals surface area contributed by atoms with E-state index in [0.29, 0.717) is 0 Å². The first-order chi connectivity index (χ1) is 8.72. The largest absolute Gasteiger partial charge is 0.385 e. The fourth-order valence-electron chi connectivity index (χ4n) is 2.78. The Labute approximate surface area is 109 Å². The second-order valence-corrected chi connectivity index (χ2v) is 5.28. The minimum absolute atomic E-state index is 1.10. The zero-order chi connectivity index (χ0) is 12.5. The number of hydrogen-bond donors (Lipinski definition) is 1. The molecule has 0 aromatic heterocycles. The van der Waals surface area contributed by atoms with Gasteiger partial charge in [0.2, 0.25) is 0 Å². The highest BCUT2D eigenvalue weighted by atomic mass is 14.9. The second kappa shape index (κ2) is 4.49. The Morgan fingerprint density at radius 2 is 1.67 bits per heavy atom. The van der Waals surface area contributed by atoms with Crippen LogP contribution >= 0.6 is 0 Å². The third-order valence-electron chi connectivity index (χ3n) is 3.60. The summed E-state index contributed by atoms with van der Waals surface area (Å²) in [7, 11) is 0. The minimum atomic E-state index is 1.10. The van der Waals surface area contributed by atoms with Gasteiger partial charge in [0.15, 0.2) is 0 Å². The predicted molar refractivity (Wildman–Crippen MR) is 78.2 cm³/mol. The van der Waals surface area contributed by atoms with E-state index in [2.05, 4.69) is 55.6 Å². The van der Waals surface area contributed by atoms with Crippen LogP contribution in [0.5, 0.6) is 0 Å². The van der Waals surface area contributed by atoms with Crippen molar-refractivity contribution in [3.05, 3.63) is 53.1 Å². The summed E-state index contributed by atoms with van der Waals surface area (Å²) in [6.45, 7) is 5.42. The first kappa shape index (κ1) is 11.3. The van der Waals surface area contributed by atoms with Crippen LogP contribution in [0, 0.1) is 13.8 Å². The second-order valence-electron chi connectivity index (χ2n) is 5.28. The quantitative estimate of drug-likeness (QED) is 0.778. The van der Waals surface area contributed by atoms with E-state index in [9.17, 15) is 0 Å². The summed E-state index contributed by atoms with van der Waals surface area (Å²) in [5.74, 6) is 0. The molecule has 0 bridgehead atoms. The Morgan fingerprint density at radius 1 is 0.889 bits per heavy atom. The molecule has 0 radical (unpaired) electrons. The van der Waals surface area contributed by atoms with Crippen LogP contribution in [0.3, 0.4) is 0 Å². The molecule has 3 rings (SSSR count). The van der Waals surface area contributed by atoms with Gasteiger partial charge >= 0.3 is 0 Å². The van der Waals surface area contributed by atoms with Gasteiger partial charge in [-0.2, -0.15) is 0 Å². The Balaban J connectivity index is 2.06. The highest BCUT2D eigenvalue weighted by Crippen LogP contribution is 2.29. The number of fused-ring (bicyclic) bond motifs is 1. The standard InChI is InChI=1S/C17H19N/c1-12-8-13(2)10-16(9-12)15-6-5-14-4-3-7-18-17(14)11-15/h5-6,8-11,18H,3-4,7H2,1-2H3. The summed E-state index contributed by atoms with van der Waals surface area (Å²) in [6.07, 6.45) is 2.45. The molecule has 2 aromatic carbocycles. The summed E-state index contributed by atoms with van der Waals surface area (Å²) in [5, 5.41) is 3.50. The monoisotopic (exact) mass is 237 g/mol. The molecule has 92 valence electrons. The molecule has 0 aliphatic carbocycles. The Hall–Kier alpha value is -1.76. The lowest BCUT2D eigenvalue weighted by molar-refractivity contribution is 0.830. The number of rotatable bonds is 1. The van der Waals surface area contributed by atoms with Gasteiger partial charge in [0, 0.05) is 12.2 Å². The van der Waals surface area contributed by atoms with Crippen LogP contribution in [-0.2, 0) is 6.42 Å². The van der Waals surface area contributed by atoms with Gasteiger partial charge in [-0.25, -0.2) is 0 Å². The van der Waals surface area contributed by atoms with Crippen molar-refractivity contribution in [3.63, 3.8) is 0 Å². The van der Waals surface area contributed by atoms with Crippen molar-refractivity contribution >= 4 is 5.69 Å². The van der Waals surface area contributed by atoms with E-state index >= 15 is 0 Å². The van der Waals surface area contributed by atoms with E-state index < -0.39 is 0 Å². The van der Waals surface area contributed by atoms with Crippen LogP contribution in [0.1, 0.15) is 23.1 Å². The maximum absolute atomic E-state index is 3.50. The van der Waals surface area contributed by atoms with E-state index in [-0.39, 0.29) is 0 Å². The lowest BCUT2D eigenvalue weighted by atomic mass is 9.96.